The number of rotatable bonds is 5. The minimum Gasteiger partial charge on any atom is -0.484 e. The lowest BCUT2D eigenvalue weighted by molar-refractivity contribution is -0.124. The Morgan fingerprint density at radius 1 is 1.36 bits per heavy atom. The number of benzene rings is 1. The lowest BCUT2D eigenvalue weighted by atomic mass is 10.1. The van der Waals surface area contributed by atoms with Crippen molar-refractivity contribution in [3.8, 4) is 5.75 Å². The molecule has 3 N–H and O–H groups in total. The molecule has 25 heavy (non-hydrogen) atoms. The highest BCUT2D eigenvalue weighted by Gasteiger charge is 2.24. The number of halogens is 2. The third kappa shape index (κ3) is 4.11. The zero-order chi connectivity index (χ0) is 17.8. The number of H-pyrrole nitrogens is 1. The summed E-state index contributed by atoms with van der Waals surface area (Å²) in [5.41, 5.74) is 0.526. The summed E-state index contributed by atoms with van der Waals surface area (Å²) in [4.78, 5) is 23.8. The predicted octanol–water partition coefficient (Wildman–Crippen LogP) is 1.28. The van der Waals surface area contributed by atoms with Crippen LogP contribution in [0.1, 0.15) is 29.0 Å². The first-order chi connectivity index (χ1) is 12.0. The molecule has 132 valence electrons. The zero-order valence-corrected chi connectivity index (χ0v) is 13.1. The summed E-state index contributed by atoms with van der Waals surface area (Å²) >= 11 is 0. The summed E-state index contributed by atoms with van der Waals surface area (Å²) in [6.45, 7) is 0.530. The fourth-order valence-electron chi connectivity index (χ4n) is 2.44. The molecule has 2 amide bonds. The van der Waals surface area contributed by atoms with Crippen molar-refractivity contribution in [3.63, 3.8) is 0 Å². The van der Waals surface area contributed by atoms with E-state index < -0.39 is 23.6 Å². The van der Waals surface area contributed by atoms with Gasteiger partial charge in [-0.1, -0.05) is 0 Å². The molecule has 1 aliphatic rings. The van der Waals surface area contributed by atoms with Crippen LogP contribution in [0.4, 0.5) is 8.78 Å². The average molecular weight is 350 g/mol. The maximum atomic E-state index is 13.5. The van der Waals surface area contributed by atoms with Gasteiger partial charge in [0.2, 0.25) is 5.91 Å². The van der Waals surface area contributed by atoms with Crippen LogP contribution in [0.15, 0.2) is 24.3 Å². The number of hydrogen-bond donors (Lipinski definition) is 3. The number of ether oxygens (including phenoxy) is 1. The lowest BCUT2D eigenvalue weighted by Crippen LogP contribution is -2.50. The first kappa shape index (κ1) is 16.9. The summed E-state index contributed by atoms with van der Waals surface area (Å²) in [7, 11) is 0. The number of piperidine rings is 1. The van der Waals surface area contributed by atoms with Gasteiger partial charge in [0.1, 0.15) is 24.2 Å². The number of amides is 2. The van der Waals surface area contributed by atoms with Gasteiger partial charge in [-0.15, -0.1) is 0 Å². The van der Waals surface area contributed by atoms with Crippen molar-refractivity contribution in [3.05, 3.63) is 47.3 Å². The molecule has 0 spiro atoms. The van der Waals surface area contributed by atoms with Gasteiger partial charge >= 0.3 is 0 Å². The number of aromatic nitrogens is 2. The van der Waals surface area contributed by atoms with E-state index in [2.05, 4.69) is 20.8 Å². The van der Waals surface area contributed by atoms with E-state index in [1.807, 2.05) is 0 Å². The van der Waals surface area contributed by atoms with E-state index >= 15 is 0 Å². The van der Waals surface area contributed by atoms with Crippen LogP contribution in [-0.4, -0.2) is 34.6 Å². The van der Waals surface area contributed by atoms with Gasteiger partial charge in [0.25, 0.3) is 5.91 Å². The van der Waals surface area contributed by atoms with E-state index in [1.54, 1.807) is 0 Å². The van der Waals surface area contributed by atoms with Gasteiger partial charge in [-0.25, -0.2) is 8.78 Å². The van der Waals surface area contributed by atoms with Gasteiger partial charge < -0.3 is 15.4 Å². The van der Waals surface area contributed by atoms with Crippen LogP contribution < -0.4 is 15.4 Å². The highest BCUT2D eigenvalue weighted by atomic mass is 19.1. The number of carbonyl (C=O) groups is 2. The van der Waals surface area contributed by atoms with Crippen LogP contribution in [-0.2, 0) is 11.4 Å². The smallest absolute Gasteiger partial charge is 0.272 e. The van der Waals surface area contributed by atoms with E-state index in [0.717, 1.165) is 18.6 Å². The summed E-state index contributed by atoms with van der Waals surface area (Å²) in [6.07, 6.45) is 1.36. The molecule has 1 aromatic carbocycles. The Morgan fingerprint density at radius 3 is 2.96 bits per heavy atom. The molecule has 0 bridgehead atoms. The standard InChI is InChI=1S/C16H16F2N4O3/c17-9-3-4-14(11(18)6-9)25-8-10-7-13(22-21-10)16(24)20-12-2-1-5-19-15(12)23/h3-4,6-7,12H,1-2,5,8H2,(H,19,23)(H,20,24)(H,21,22)/t12-/m0/s1. The van der Waals surface area contributed by atoms with Crippen molar-refractivity contribution in [2.24, 2.45) is 0 Å². The highest BCUT2D eigenvalue weighted by molar-refractivity contribution is 5.96. The predicted molar refractivity (Wildman–Crippen MR) is 82.8 cm³/mol. The second kappa shape index (κ2) is 7.29. The van der Waals surface area contributed by atoms with Gasteiger partial charge in [-0.2, -0.15) is 5.10 Å². The van der Waals surface area contributed by atoms with E-state index in [0.29, 0.717) is 18.7 Å². The summed E-state index contributed by atoms with van der Waals surface area (Å²) in [6, 6.07) is 3.84. The fourth-order valence-corrected chi connectivity index (χ4v) is 2.44. The summed E-state index contributed by atoms with van der Waals surface area (Å²) in [5.74, 6) is -2.33. The summed E-state index contributed by atoms with van der Waals surface area (Å²) in [5, 5.41) is 11.7. The first-order valence-corrected chi connectivity index (χ1v) is 7.73. The molecule has 9 heteroatoms. The normalized spacial score (nSPS) is 17.0. The second-order valence-electron chi connectivity index (χ2n) is 5.60. The Labute approximate surface area is 141 Å². The van der Waals surface area contributed by atoms with Crippen molar-refractivity contribution in [2.75, 3.05) is 6.54 Å². The Hall–Kier alpha value is -2.97. The SMILES string of the molecule is O=C(N[C@H]1CCCNC1=O)c1cc(COc2ccc(F)cc2F)[nH]n1. The van der Waals surface area contributed by atoms with Crippen molar-refractivity contribution in [2.45, 2.75) is 25.5 Å². The molecule has 0 unspecified atom stereocenters. The Balaban J connectivity index is 1.58. The van der Waals surface area contributed by atoms with Crippen LogP contribution >= 0.6 is 0 Å². The van der Waals surface area contributed by atoms with E-state index in [-0.39, 0.29) is 24.0 Å². The van der Waals surface area contributed by atoms with Crippen LogP contribution in [0.25, 0.3) is 0 Å². The Morgan fingerprint density at radius 2 is 2.20 bits per heavy atom. The van der Waals surface area contributed by atoms with Crippen molar-refractivity contribution in [1.82, 2.24) is 20.8 Å². The number of nitrogens with one attached hydrogen (secondary N) is 3. The van der Waals surface area contributed by atoms with E-state index in [1.165, 1.54) is 12.1 Å². The molecule has 2 aromatic rings. The number of hydrogen-bond acceptors (Lipinski definition) is 4. The topological polar surface area (TPSA) is 96.1 Å². The Bertz CT molecular complexity index is 793. The first-order valence-electron chi connectivity index (χ1n) is 7.73. The maximum absolute atomic E-state index is 13.5. The second-order valence-corrected chi connectivity index (χ2v) is 5.60. The fraction of sp³-hybridized carbons (Fsp3) is 0.312. The largest absolute Gasteiger partial charge is 0.484 e. The molecule has 0 radical (unpaired) electrons. The molecular formula is C16H16F2N4O3. The van der Waals surface area contributed by atoms with Gasteiger partial charge in [0.05, 0.1) is 5.69 Å². The highest BCUT2D eigenvalue weighted by Crippen LogP contribution is 2.18. The molecule has 0 saturated carbocycles. The molecule has 7 nitrogen and oxygen atoms in total. The zero-order valence-electron chi connectivity index (χ0n) is 13.1. The number of aromatic amines is 1. The van der Waals surface area contributed by atoms with Gasteiger partial charge in [0.15, 0.2) is 11.6 Å². The molecule has 0 aliphatic carbocycles. The van der Waals surface area contributed by atoms with Crippen LogP contribution in [0.5, 0.6) is 5.75 Å². The van der Waals surface area contributed by atoms with E-state index in [4.69, 9.17) is 4.74 Å². The van der Waals surface area contributed by atoms with Crippen molar-refractivity contribution < 1.29 is 23.1 Å². The van der Waals surface area contributed by atoms with Crippen LogP contribution in [0.3, 0.4) is 0 Å². The van der Waals surface area contributed by atoms with Crippen molar-refractivity contribution >= 4 is 11.8 Å². The molecule has 3 rings (SSSR count). The molecule has 1 aliphatic heterocycles. The average Bonchev–Trinajstić information content (AvgIpc) is 3.05. The van der Waals surface area contributed by atoms with Gasteiger partial charge in [-0.05, 0) is 31.0 Å². The minimum absolute atomic E-state index is 0.0766. The maximum Gasteiger partial charge on any atom is 0.272 e. The van der Waals surface area contributed by atoms with Crippen LogP contribution in [0.2, 0.25) is 0 Å². The van der Waals surface area contributed by atoms with E-state index in [9.17, 15) is 18.4 Å². The quantitative estimate of drug-likeness (QED) is 0.757. The lowest BCUT2D eigenvalue weighted by Gasteiger charge is -2.22. The molecule has 1 saturated heterocycles. The number of nitrogens with zero attached hydrogens (tertiary/aromatic N) is 1. The molecule has 1 aromatic heterocycles. The molecule has 1 fully saturated rings. The summed E-state index contributed by atoms with van der Waals surface area (Å²) < 4.78 is 31.6. The molecule has 1 atom stereocenters. The van der Waals surface area contributed by atoms with Crippen LogP contribution in [0, 0.1) is 11.6 Å². The van der Waals surface area contributed by atoms with Crippen molar-refractivity contribution in [1.29, 1.82) is 0 Å². The number of carbonyl (C=O) groups excluding carboxylic acids is 2. The third-order valence-corrected chi connectivity index (χ3v) is 3.73. The Kier molecular flexibility index (Phi) is 4.92. The third-order valence-electron chi connectivity index (χ3n) is 3.73. The van der Waals surface area contributed by atoms with Gasteiger partial charge in [-0.3, -0.25) is 14.7 Å². The monoisotopic (exact) mass is 350 g/mol. The molecule has 2 heterocycles. The van der Waals surface area contributed by atoms with Gasteiger partial charge in [0, 0.05) is 12.6 Å². The minimum atomic E-state index is -0.819. The molecular weight excluding hydrogens is 334 g/mol.